The molecular formula is C29H22F3NO2S. The van der Waals surface area contributed by atoms with E-state index in [0.29, 0.717) is 27.8 Å². The Morgan fingerprint density at radius 1 is 0.750 bits per heavy atom. The Kier molecular flexibility index (Phi) is 6.06. The third-order valence-electron chi connectivity index (χ3n) is 6.27. The molecule has 0 radical (unpaired) electrons. The summed E-state index contributed by atoms with van der Waals surface area (Å²) in [6.45, 7) is 1.86. The van der Waals surface area contributed by atoms with Crippen LogP contribution < -0.4 is 4.72 Å². The zero-order valence-electron chi connectivity index (χ0n) is 19.3. The second kappa shape index (κ2) is 9.08. The lowest BCUT2D eigenvalue weighted by atomic mass is 9.93. The molecule has 1 atom stereocenters. The fraction of sp³-hybridized carbons (Fsp3) is 0.103. The Balaban J connectivity index is 1.76. The van der Waals surface area contributed by atoms with Gasteiger partial charge in [-0.3, -0.25) is 0 Å². The van der Waals surface area contributed by atoms with E-state index in [2.05, 4.69) is 4.72 Å². The van der Waals surface area contributed by atoms with E-state index in [9.17, 15) is 21.6 Å². The normalized spacial score (nSPS) is 15.7. The summed E-state index contributed by atoms with van der Waals surface area (Å²) in [7, 11) is -3.99. The molecule has 0 spiro atoms. The van der Waals surface area contributed by atoms with Crippen LogP contribution in [0.1, 0.15) is 39.4 Å². The Bertz CT molecular complexity index is 1540. The molecule has 7 heteroatoms. The first kappa shape index (κ1) is 24.0. The van der Waals surface area contributed by atoms with Crippen molar-refractivity contribution in [3.05, 3.63) is 137 Å². The van der Waals surface area contributed by atoms with E-state index in [0.717, 1.165) is 23.3 Å². The van der Waals surface area contributed by atoms with Crippen molar-refractivity contribution in [2.45, 2.75) is 24.0 Å². The van der Waals surface area contributed by atoms with Crippen LogP contribution in [0.4, 0.5) is 13.2 Å². The molecule has 1 aliphatic carbocycles. The molecule has 182 valence electrons. The highest BCUT2D eigenvalue weighted by Gasteiger charge is 2.38. The average molecular weight is 506 g/mol. The minimum absolute atomic E-state index is 0.0853. The van der Waals surface area contributed by atoms with Crippen LogP contribution in [0.25, 0.3) is 11.1 Å². The third-order valence-corrected chi connectivity index (χ3v) is 7.71. The van der Waals surface area contributed by atoms with E-state index in [1.54, 1.807) is 12.1 Å². The molecular weight excluding hydrogens is 483 g/mol. The van der Waals surface area contributed by atoms with Crippen LogP contribution in [0.2, 0.25) is 0 Å². The lowest BCUT2D eigenvalue weighted by Crippen LogP contribution is -2.28. The van der Waals surface area contributed by atoms with E-state index in [1.165, 1.54) is 18.2 Å². The van der Waals surface area contributed by atoms with Gasteiger partial charge in [-0.15, -0.1) is 0 Å². The number of hydrogen-bond acceptors (Lipinski definition) is 2. The summed E-state index contributed by atoms with van der Waals surface area (Å²) in [4.78, 5) is 0.0853. The molecule has 5 rings (SSSR count). The second-order valence-corrected chi connectivity index (χ2v) is 10.4. The SMILES string of the molecule is Cc1ccc(S(=O)(=O)NC2C(c3ccccc3)=C(c3ccccc3)c3cc(C(F)(F)F)ccc32)cc1. The maximum absolute atomic E-state index is 13.7. The van der Waals surface area contributed by atoms with Crippen LogP contribution in [0, 0.1) is 6.92 Å². The van der Waals surface area contributed by atoms with Gasteiger partial charge in [-0.05, 0) is 64.6 Å². The Morgan fingerprint density at radius 2 is 1.33 bits per heavy atom. The average Bonchev–Trinajstić information content (AvgIpc) is 3.17. The zero-order chi connectivity index (χ0) is 25.5. The number of fused-ring (bicyclic) bond motifs is 1. The van der Waals surface area contributed by atoms with Crippen molar-refractivity contribution >= 4 is 21.2 Å². The van der Waals surface area contributed by atoms with E-state index in [1.807, 2.05) is 67.6 Å². The largest absolute Gasteiger partial charge is 0.416 e. The molecule has 0 saturated heterocycles. The predicted octanol–water partition coefficient (Wildman–Crippen LogP) is 7.01. The van der Waals surface area contributed by atoms with Gasteiger partial charge in [-0.2, -0.15) is 17.9 Å². The maximum Gasteiger partial charge on any atom is 0.416 e. The lowest BCUT2D eigenvalue weighted by molar-refractivity contribution is -0.137. The number of nitrogens with one attached hydrogen (secondary N) is 1. The molecule has 1 aliphatic rings. The Labute approximate surface area is 208 Å². The number of rotatable bonds is 5. The van der Waals surface area contributed by atoms with Crippen molar-refractivity contribution in [2.75, 3.05) is 0 Å². The molecule has 0 amide bonds. The third kappa shape index (κ3) is 4.47. The van der Waals surface area contributed by atoms with Crippen molar-refractivity contribution in [1.82, 2.24) is 4.72 Å². The summed E-state index contributed by atoms with van der Waals surface area (Å²) in [5.41, 5.74) is 3.54. The van der Waals surface area contributed by atoms with Gasteiger partial charge in [0.15, 0.2) is 0 Å². The molecule has 4 aromatic rings. The molecule has 0 saturated carbocycles. The first-order valence-corrected chi connectivity index (χ1v) is 12.8. The first-order chi connectivity index (χ1) is 17.1. The molecule has 0 fully saturated rings. The first-order valence-electron chi connectivity index (χ1n) is 11.3. The minimum atomic E-state index is -4.54. The van der Waals surface area contributed by atoms with Crippen LogP contribution in [-0.4, -0.2) is 8.42 Å². The van der Waals surface area contributed by atoms with Crippen LogP contribution in [0.15, 0.2) is 108 Å². The van der Waals surface area contributed by atoms with Crippen molar-refractivity contribution in [2.24, 2.45) is 0 Å². The predicted molar refractivity (Wildman–Crippen MR) is 134 cm³/mol. The van der Waals surface area contributed by atoms with Crippen LogP contribution >= 0.6 is 0 Å². The summed E-state index contributed by atoms with van der Waals surface area (Å²) in [5, 5.41) is 0. The molecule has 0 aliphatic heterocycles. The summed E-state index contributed by atoms with van der Waals surface area (Å²) in [6.07, 6.45) is -4.54. The van der Waals surface area contributed by atoms with Gasteiger partial charge < -0.3 is 0 Å². The van der Waals surface area contributed by atoms with Gasteiger partial charge in [-0.25, -0.2) is 8.42 Å². The number of alkyl halides is 3. The fourth-order valence-electron chi connectivity index (χ4n) is 4.55. The van der Waals surface area contributed by atoms with Crippen molar-refractivity contribution in [3.63, 3.8) is 0 Å². The second-order valence-electron chi connectivity index (χ2n) is 8.69. The number of hydrogen-bond donors (Lipinski definition) is 1. The minimum Gasteiger partial charge on any atom is -0.207 e. The van der Waals surface area contributed by atoms with Crippen LogP contribution in [0.3, 0.4) is 0 Å². The van der Waals surface area contributed by atoms with E-state index in [-0.39, 0.29) is 4.90 Å². The van der Waals surface area contributed by atoms with Gasteiger partial charge in [0.2, 0.25) is 10.0 Å². The molecule has 36 heavy (non-hydrogen) atoms. The van der Waals surface area contributed by atoms with Gasteiger partial charge >= 0.3 is 6.18 Å². The Morgan fingerprint density at radius 3 is 1.92 bits per heavy atom. The van der Waals surface area contributed by atoms with E-state index >= 15 is 0 Å². The van der Waals surface area contributed by atoms with Gasteiger partial charge in [0.25, 0.3) is 0 Å². The summed E-state index contributed by atoms with van der Waals surface area (Å²) >= 11 is 0. The van der Waals surface area contributed by atoms with Crippen LogP contribution in [0.5, 0.6) is 0 Å². The molecule has 1 N–H and O–H groups in total. The number of halogens is 3. The van der Waals surface area contributed by atoms with Crippen molar-refractivity contribution < 1.29 is 21.6 Å². The Hall–Kier alpha value is -3.68. The number of aryl methyl sites for hydroxylation is 1. The highest BCUT2D eigenvalue weighted by Crippen LogP contribution is 2.50. The summed E-state index contributed by atoms with van der Waals surface area (Å²) < 4.78 is 70.8. The standard InChI is InChI=1S/C29H22F3NO2S/c1-19-12-15-23(16-13-19)36(34,35)33-28-24-17-14-22(29(30,31)32)18-25(24)26(20-8-4-2-5-9-20)27(28)21-10-6-3-7-11-21/h2-18,28,33H,1H3. The zero-order valence-corrected chi connectivity index (χ0v) is 20.1. The molecule has 1 unspecified atom stereocenters. The molecule has 0 bridgehead atoms. The number of benzene rings is 4. The van der Waals surface area contributed by atoms with Crippen LogP contribution in [-0.2, 0) is 16.2 Å². The maximum atomic E-state index is 13.7. The van der Waals surface area contributed by atoms with Gasteiger partial charge in [0, 0.05) is 0 Å². The molecule has 3 nitrogen and oxygen atoms in total. The highest BCUT2D eigenvalue weighted by atomic mass is 32.2. The van der Waals surface area contributed by atoms with Gasteiger partial charge in [0.1, 0.15) is 0 Å². The molecule has 0 aromatic heterocycles. The fourth-order valence-corrected chi connectivity index (χ4v) is 5.74. The molecule has 0 heterocycles. The molecule has 4 aromatic carbocycles. The van der Waals surface area contributed by atoms with Gasteiger partial charge in [-0.1, -0.05) is 84.4 Å². The van der Waals surface area contributed by atoms with Crippen molar-refractivity contribution in [3.8, 4) is 0 Å². The summed E-state index contributed by atoms with van der Waals surface area (Å²) in [5.74, 6) is 0. The quantitative estimate of drug-likeness (QED) is 0.317. The highest BCUT2D eigenvalue weighted by molar-refractivity contribution is 7.89. The van der Waals surface area contributed by atoms with Crippen molar-refractivity contribution in [1.29, 1.82) is 0 Å². The summed E-state index contributed by atoms with van der Waals surface area (Å²) in [6, 6.07) is 27.3. The van der Waals surface area contributed by atoms with E-state index in [4.69, 9.17) is 0 Å². The lowest BCUT2D eigenvalue weighted by Gasteiger charge is -2.20. The number of sulfonamides is 1. The van der Waals surface area contributed by atoms with Gasteiger partial charge in [0.05, 0.1) is 16.5 Å². The monoisotopic (exact) mass is 505 g/mol. The topological polar surface area (TPSA) is 46.2 Å². The smallest absolute Gasteiger partial charge is 0.207 e. The van der Waals surface area contributed by atoms with E-state index < -0.39 is 27.8 Å².